The molecular formula is C71H72F3N19O3S2. The number of aliphatic carboxylic acids is 1. The van der Waals surface area contributed by atoms with Gasteiger partial charge in [0.15, 0.2) is 10.3 Å². The number of aromatic nitrogens is 10. The van der Waals surface area contributed by atoms with Crippen LogP contribution in [0, 0.1) is 53.4 Å². The summed E-state index contributed by atoms with van der Waals surface area (Å²) in [5.74, 6) is 1.89. The zero-order chi connectivity index (χ0) is 69.4. The van der Waals surface area contributed by atoms with Gasteiger partial charge in [-0.25, -0.2) is 66.6 Å². The van der Waals surface area contributed by atoms with Crippen molar-refractivity contribution in [3.05, 3.63) is 166 Å². The van der Waals surface area contributed by atoms with Gasteiger partial charge >= 0.3 is 11.5 Å². The molecule has 2 aliphatic carbocycles. The molecule has 0 unspecified atom stereocenters. The van der Waals surface area contributed by atoms with E-state index in [1.165, 1.54) is 46.9 Å². The fraction of sp³-hybridized carbons (Fsp3) is 0.352. The molecule has 0 atom stereocenters. The molecule has 22 nitrogen and oxygen atoms in total. The summed E-state index contributed by atoms with van der Waals surface area (Å²) in [5, 5.41) is 29.2. The summed E-state index contributed by atoms with van der Waals surface area (Å²) in [7, 11) is 2.83. The van der Waals surface area contributed by atoms with E-state index in [-0.39, 0.29) is 30.9 Å². The Labute approximate surface area is 575 Å². The number of thiazole rings is 2. The van der Waals surface area contributed by atoms with E-state index in [1.807, 2.05) is 94.1 Å². The normalized spacial score (nSPS) is 15.2. The lowest BCUT2D eigenvalue weighted by molar-refractivity contribution is -0.138. The van der Waals surface area contributed by atoms with Crippen molar-refractivity contribution in [3.8, 4) is 56.9 Å². The molecule has 0 bridgehead atoms. The number of pyridine rings is 2. The molecule has 10 aromatic rings. The van der Waals surface area contributed by atoms with Crippen LogP contribution < -0.4 is 25.3 Å². The summed E-state index contributed by atoms with van der Waals surface area (Å²) in [6.45, 7) is 21.2. The lowest BCUT2D eigenvalue weighted by Gasteiger charge is -2.31. The van der Waals surface area contributed by atoms with Crippen molar-refractivity contribution in [2.75, 3.05) is 67.0 Å². The number of fused-ring (bicyclic) bond motifs is 2. The Morgan fingerprint density at radius 1 is 0.643 bits per heavy atom. The number of hydrogen-bond donors (Lipinski definition) is 2. The van der Waals surface area contributed by atoms with Crippen LogP contribution in [0.25, 0.3) is 65.8 Å². The second kappa shape index (κ2) is 30.1. The smallest absolute Gasteiger partial charge is 0.390 e. The first-order chi connectivity index (χ1) is 47.4. The Kier molecular flexibility index (Phi) is 21.1. The molecule has 8 aromatic heterocycles. The quantitative estimate of drug-likeness (QED) is 0.0852. The Hall–Kier alpha value is -10.7. The number of benzene rings is 2. The van der Waals surface area contributed by atoms with E-state index >= 15 is 0 Å². The van der Waals surface area contributed by atoms with Gasteiger partial charge in [-0.3, -0.25) is 22.8 Å². The standard InChI is InChI=1S/C35H32FN9OS.C29H28FN9S.C5H5NO2.CH3F.CH4/c1-4-27-32(43(3)34-42-31(28(18-37)47-34)23-5-8-26(36)9-6-23)45-21-24(7-10-30(45)41-27)25-19-39-33(40-20-25)44-15-11-22(12-16-44)17-29(46)35(38-2)13-14-35;1-3-23-27(37(2)29-36-26(24(14-31)40-29)18-4-7-21(30)8-5-18)39-17-19(6-9-25(39)35-23)20-15-33-28(34-16-20)38-12-10-22(32)11-13-38;1-6-5(2-3-5)4(7)8;1-2;/h5-10,19-22H,4,11-17H2,1,3H3;4-9,15-17,22H,3,10-13,32H2,1-2H3;2-3H2,(H,7,8);1H3;1H4/i;;;1D;. The van der Waals surface area contributed by atoms with E-state index in [1.54, 1.807) is 24.3 Å². The zero-order valence-corrected chi connectivity index (χ0v) is 55.3. The molecule has 4 fully saturated rings. The molecule has 27 heteroatoms. The predicted octanol–water partition coefficient (Wildman–Crippen LogP) is 13.8. The van der Waals surface area contributed by atoms with Gasteiger partial charge in [0.2, 0.25) is 17.7 Å². The summed E-state index contributed by atoms with van der Waals surface area (Å²) in [6.07, 6.45) is 19.5. The fourth-order valence-electron chi connectivity index (χ4n) is 11.8. The number of ketones is 1. The van der Waals surface area contributed by atoms with Crippen molar-refractivity contribution in [1.29, 1.82) is 10.5 Å². The number of carbonyl (C=O) groups is 2. The van der Waals surface area contributed by atoms with Crippen molar-refractivity contribution in [1.82, 2.24) is 48.7 Å². The number of imidazole rings is 2. The molecule has 0 amide bonds. The highest BCUT2D eigenvalue weighted by Gasteiger charge is 2.59. The first kappa shape index (κ1) is 68.7. The van der Waals surface area contributed by atoms with E-state index in [2.05, 4.69) is 55.4 Å². The third kappa shape index (κ3) is 14.7. The molecule has 2 saturated carbocycles. The third-order valence-corrected chi connectivity index (χ3v) is 19.9. The topological polar surface area (TPSA) is 262 Å². The number of carbonyl (C=O) groups excluding carboxylic acids is 1. The number of nitrogens with two attached hydrogens (primary N) is 1. The molecule has 14 rings (SSSR count). The minimum absolute atomic E-state index is 0. The lowest BCUT2D eigenvalue weighted by atomic mass is 9.89. The number of aryl methyl sites for hydroxylation is 2. The zero-order valence-electron chi connectivity index (χ0n) is 54.7. The summed E-state index contributed by atoms with van der Waals surface area (Å²) < 4.78 is 46.6. The molecule has 2 aliphatic heterocycles. The Morgan fingerprint density at radius 2 is 1.02 bits per heavy atom. The largest absolute Gasteiger partial charge is 0.475 e. The van der Waals surface area contributed by atoms with E-state index in [4.69, 9.17) is 55.3 Å². The average Bonchev–Trinajstić information content (AvgIpc) is 1.65. The van der Waals surface area contributed by atoms with Crippen LogP contribution in [0.1, 0.15) is 102 Å². The maximum absolute atomic E-state index is 13.6. The highest BCUT2D eigenvalue weighted by Crippen LogP contribution is 2.44. The highest BCUT2D eigenvalue weighted by atomic mass is 32.1. The van der Waals surface area contributed by atoms with E-state index < -0.39 is 24.2 Å². The summed E-state index contributed by atoms with van der Waals surface area (Å²) >= 11 is 2.58. The van der Waals surface area contributed by atoms with Gasteiger partial charge in [0, 0.05) is 149 Å². The summed E-state index contributed by atoms with van der Waals surface area (Å²) in [4.78, 5) is 76.4. The van der Waals surface area contributed by atoms with Crippen LogP contribution in [0.4, 0.5) is 47.0 Å². The summed E-state index contributed by atoms with van der Waals surface area (Å²) in [5.41, 5.74) is 13.8. The Balaban J connectivity index is 0.000000186. The SMILES string of the molecule is C.CCc1nc2ccc(-c3cnc(N4CCC(N)CC4)nc3)cn2c1N(C)c1nc(-c2ccc(F)cc2)c(C#N)s1.[2H]CF.[C-]#[N+]C1(C(=O)CC2CCN(c3ncc(-c4ccc5nc(CC)c(N(C)c6nc(-c7ccc(F)cc7)c(C#N)s6)n5c4)cn3)CC2)CC1.[C-]#[N+]C1(C(=O)O)CC1. The maximum Gasteiger partial charge on any atom is 0.390 e. The van der Waals surface area contributed by atoms with Crippen molar-refractivity contribution >= 4 is 79.5 Å². The number of nitriles is 2. The molecule has 0 spiro atoms. The number of carboxylic acid groups (broad SMARTS) is 1. The van der Waals surface area contributed by atoms with Crippen LogP contribution in [0.3, 0.4) is 0 Å². The van der Waals surface area contributed by atoms with Crippen LogP contribution in [0.2, 0.25) is 0 Å². The number of nitrogens with zero attached hydrogens (tertiary/aromatic N) is 18. The monoisotopic (exact) mass is 1360 g/mol. The molecule has 502 valence electrons. The second-order valence-electron chi connectivity index (χ2n) is 24.0. The van der Waals surface area contributed by atoms with Gasteiger partial charge < -0.3 is 35.3 Å². The number of anilines is 6. The number of piperidine rings is 2. The predicted molar refractivity (Wildman–Crippen MR) is 374 cm³/mol. The van der Waals surface area contributed by atoms with Crippen LogP contribution >= 0.6 is 22.7 Å². The fourth-order valence-corrected chi connectivity index (χ4v) is 13.4. The Bertz CT molecular complexity index is 4700. The number of rotatable bonds is 16. The van der Waals surface area contributed by atoms with Crippen LogP contribution in [0.5, 0.6) is 0 Å². The third-order valence-electron chi connectivity index (χ3n) is 17.8. The first-order valence-electron chi connectivity index (χ1n) is 32.2. The average molecular weight is 1360 g/mol. The number of alkyl halides is 1. The van der Waals surface area contributed by atoms with Gasteiger partial charge in [-0.1, -0.05) is 43.9 Å². The van der Waals surface area contributed by atoms with Gasteiger partial charge in [-0.15, -0.1) is 0 Å². The first-order valence-corrected chi connectivity index (χ1v) is 33.2. The number of hydrogen-bond acceptors (Lipinski definition) is 19. The van der Waals surface area contributed by atoms with E-state index in [0.29, 0.717) is 92.9 Å². The van der Waals surface area contributed by atoms with Gasteiger partial charge in [0.1, 0.15) is 67.8 Å². The van der Waals surface area contributed by atoms with E-state index in [9.17, 15) is 33.3 Å². The number of carboxylic acids is 1. The molecule has 0 radical (unpaired) electrons. The van der Waals surface area contributed by atoms with Crippen LogP contribution in [-0.2, 0) is 22.4 Å². The van der Waals surface area contributed by atoms with Crippen molar-refractivity contribution in [2.45, 2.75) is 109 Å². The lowest BCUT2D eigenvalue weighted by Crippen LogP contribution is -2.40. The van der Waals surface area contributed by atoms with Crippen molar-refractivity contribution in [3.63, 3.8) is 0 Å². The molecular weight excluding hydrogens is 1290 g/mol. The molecule has 10 heterocycles. The maximum atomic E-state index is 13.6. The van der Waals surface area contributed by atoms with Crippen molar-refractivity contribution < 1.29 is 29.2 Å². The van der Waals surface area contributed by atoms with Gasteiger partial charge in [0.25, 0.3) is 5.54 Å². The molecule has 3 N–H and O–H groups in total. The highest BCUT2D eigenvalue weighted by molar-refractivity contribution is 7.17. The van der Waals surface area contributed by atoms with Gasteiger partial charge in [-0.2, -0.15) is 10.5 Å². The second-order valence-corrected chi connectivity index (χ2v) is 25.9. The molecule has 4 aliphatic rings. The summed E-state index contributed by atoms with van der Waals surface area (Å²) in [6, 6.07) is 24.7. The van der Waals surface area contributed by atoms with Gasteiger partial charge in [0.05, 0.1) is 19.9 Å². The number of halogens is 3. The molecule has 2 saturated heterocycles. The van der Waals surface area contributed by atoms with Crippen molar-refractivity contribution in [2.24, 2.45) is 11.7 Å². The molecule has 98 heavy (non-hydrogen) atoms. The minimum atomic E-state index is -1.00. The van der Waals surface area contributed by atoms with Gasteiger partial charge in [-0.05, 0) is 117 Å². The molecule has 2 aromatic carbocycles. The Morgan fingerprint density at radius 3 is 1.36 bits per heavy atom. The minimum Gasteiger partial charge on any atom is -0.475 e. The van der Waals surface area contributed by atoms with Crippen LogP contribution in [-0.4, -0.2) is 130 Å². The van der Waals surface area contributed by atoms with E-state index in [0.717, 1.165) is 121 Å². The number of Topliss-reactive ketones (excluding diaryl/α,β-unsaturated/α-hetero) is 1. The van der Waals surface area contributed by atoms with Crippen LogP contribution in [0.15, 0.2) is 110 Å².